The molecule has 1 atom stereocenters. The summed E-state index contributed by atoms with van der Waals surface area (Å²) in [5.74, 6) is -0.345. The molecular formula is C12H17N3O3S. The maximum Gasteiger partial charge on any atom is 0.250 e. The van der Waals surface area contributed by atoms with Gasteiger partial charge >= 0.3 is 0 Å². The highest BCUT2D eigenvalue weighted by Gasteiger charge is 2.30. The molecule has 104 valence electrons. The van der Waals surface area contributed by atoms with E-state index in [1.807, 2.05) is 0 Å². The van der Waals surface area contributed by atoms with Crippen molar-refractivity contribution in [1.29, 1.82) is 0 Å². The monoisotopic (exact) mass is 283 g/mol. The molecule has 5 N–H and O–H groups in total. The van der Waals surface area contributed by atoms with Crippen molar-refractivity contribution in [3.8, 4) is 0 Å². The number of benzene rings is 1. The Morgan fingerprint density at radius 2 is 2.16 bits per heavy atom. The average Bonchev–Trinajstić information content (AvgIpc) is 2.67. The van der Waals surface area contributed by atoms with Gasteiger partial charge in [-0.15, -0.1) is 0 Å². The summed E-state index contributed by atoms with van der Waals surface area (Å²) in [7, 11) is -2.97. The summed E-state index contributed by atoms with van der Waals surface area (Å²) in [4.78, 5) is 11.2. The van der Waals surface area contributed by atoms with Crippen molar-refractivity contribution >= 4 is 27.1 Å². The normalized spacial score (nSPS) is 21.2. The number of anilines is 2. The molecule has 2 rings (SSSR count). The number of amides is 1. The first-order valence-electron chi connectivity index (χ1n) is 6.05. The zero-order valence-electron chi connectivity index (χ0n) is 10.4. The summed E-state index contributed by atoms with van der Waals surface area (Å²) in [5.41, 5.74) is 12.0. The molecule has 1 saturated heterocycles. The molecule has 0 saturated carbocycles. The Balaban J connectivity index is 2.08. The van der Waals surface area contributed by atoms with Crippen molar-refractivity contribution in [3.05, 3.63) is 23.8 Å². The fourth-order valence-electron chi connectivity index (χ4n) is 2.20. The molecule has 1 fully saturated rings. The van der Waals surface area contributed by atoms with E-state index in [2.05, 4.69) is 5.32 Å². The predicted molar refractivity (Wildman–Crippen MR) is 74.7 cm³/mol. The summed E-state index contributed by atoms with van der Waals surface area (Å²) in [6.45, 7) is 0.338. The van der Waals surface area contributed by atoms with Crippen LogP contribution in [-0.2, 0) is 9.84 Å². The molecule has 1 heterocycles. The van der Waals surface area contributed by atoms with Gasteiger partial charge in [-0.2, -0.15) is 0 Å². The molecule has 0 aliphatic carbocycles. The first-order chi connectivity index (χ1) is 8.90. The highest BCUT2D eigenvalue weighted by molar-refractivity contribution is 7.92. The number of nitrogens with one attached hydrogen (secondary N) is 1. The first-order valence-corrected chi connectivity index (χ1v) is 7.76. The highest BCUT2D eigenvalue weighted by Crippen LogP contribution is 2.22. The molecule has 0 bridgehead atoms. The molecule has 1 aromatic rings. The van der Waals surface area contributed by atoms with E-state index in [1.54, 1.807) is 18.2 Å². The lowest BCUT2D eigenvalue weighted by Crippen LogP contribution is -2.25. The van der Waals surface area contributed by atoms with Crippen molar-refractivity contribution in [1.82, 2.24) is 0 Å². The SMILES string of the molecule is NC(=O)c1cc(NCC2CCCS2(=O)=O)ccc1N. The molecule has 6 nitrogen and oxygen atoms in total. The van der Waals surface area contributed by atoms with Gasteiger partial charge in [0.15, 0.2) is 9.84 Å². The third-order valence-corrected chi connectivity index (χ3v) is 5.59. The van der Waals surface area contributed by atoms with E-state index in [9.17, 15) is 13.2 Å². The molecule has 1 aliphatic heterocycles. The van der Waals surface area contributed by atoms with Crippen LogP contribution in [0.4, 0.5) is 11.4 Å². The van der Waals surface area contributed by atoms with Crippen LogP contribution in [0, 0.1) is 0 Å². The van der Waals surface area contributed by atoms with E-state index < -0.39 is 15.7 Å². The first kappa shape index (κ1) is 13.7. The van der Waals surface area contributed by atoms with Crippen molar-refractivity contribution in [2.75, 3.05) is 23.3 Å². The quantitative estimate of drug-likeness (QED) is 0.690. The Hall–Kier alpha value is -1.76. The fraction of sp³-hybridized carbons (Fsp3) is 0.417. The molecule has 1 aromatic carbocycles. The highest BCUT2D eigenvalue weighted by atomic mass is 32.2. The van der Waals surface area contributed by atoms with Gasteiger partial charge in [0.1, 0.15) is 0 Å². The maximum absolute atomic E-state index is 11.7. The number of nitrogens with two attached hydrogens (primary N) is 2. The minimum absolute atomic E-state index is 0.235. The zero-order valence-corrected chi connectivity index (χ0v) is 11.2. The second kappa shape index (κ2) is 5.08. The summed E-state index contributed by atoms with van der Waals surface area (Å²) in [6.07, 6.45) is 1.38. The van der Waals surface area contributed by atoms with Gasteiger partial charge in [-0.25, -0.2) is 8.42 Å². The second-order valence-electron chi connectivity index (χ2n) is 4.68. The molecule has 0 radical (unpaired) electrons. The van der Waals surface area contributed by atoms with Crippen LogP contribution in [0.1, 0.15) is 23.2 Å². The molecule has 1 unspecified atom stereocenters. The van der Waals surface area contributed by atoms with Gasteiger partial charge in [0.25, 0.3) is 5.91 Å². The number of primary amides is 1. The van der Waals surface area contributed by atoms with Crippen LogP contribution < -0.4 is 16.8 Å². The maximum atomic E-state index is 11.7. The van der Waals surface area contributed by atoms with Crippen molar-refractivity contribution in [2.45, 2.75) is 18.1 Å². The Kier molecular flexibility index (Phi) is 3.66. The van der Waals surface area contributed by atoms with Gasteiger partial charge in [-0.05, 0) is 31.0 Å². The molecule has 1 aliphatic rings. The zero-order chi connectivity index (χ0) is 14.0. The largest absolute Gasteiger partial charge is 0.398 e. The molecule has 19 heavy (non-hydrogen) atoms. The van der Waals surface area contributed by atoms with E-state index in [-0.39, 0.29) is 16.6 Å². The molecule has 0 aromatic heterocycles. The molecule has 1 amide bonds. The molecular weight excluding hydrogens is 266 g/mol. The van der Waals surface area contributed by atoms with Crippen LogP contribution in [0.5, 0.6) is 0 Å². The van der Waals surface area contributed by atoms with E-state index in [4.69, 9.17) is 11.5 Å². The van der Waals surface area contributed by atoms with Crippen LogP contribution in [0.15, 0.2) is 18.2 Å². The van der Waals surface area contributed by atoms with Gasteiger partial charge in [0, 0.05) is 17.9 Å². The third kappa shape index (κ3) is 2.98. The van der Waals surface area contributed by atoms with Crippen molar-refractivity contribution in [2.24, 2.45) is 5.73 Å². The number of carbonyl (C=O) groups excluding carboxylic acids is 1. The van der Waals surface area contributed by atoms with Crippen molar-refractivity contribution in [3.63, 3.8) is 0 Å². The minimum Gasteiger partial charge on any atom is -0.398 e. The topological polar surface area (TPSA) is 115 Å². The number of hydrogen-bond acceptors (Lipinski definition) is 5. The Bertz CT molecular complexity index is 598. The fourth-order valence-corrected chi connectivity index (χ4v) is 3.96. The van der Waals surface area contributed by atoms with E-state index in [0.717, 1.165) is 0 Å². The van der Waals surface area contributed by atoms with Gasteiger partial charge in [-0.3, -0.25) is 4.79 Å². The summed E-state index contributed by atoms with van der Waals surface area (Å²) in [5, 5.41) is 2.66. The van der Waals surface area contributed by atoms with E-state index >= 15 is 0 Å². The third-order valence-electron chi connectivity index (χ3n) is 3.32. The number of sulfone groups is 1. The minimum atomic E-state index is -2.97. The number of hydrogen-bond donors (Lipinski definition) is 3. The Morgan fingerprint density at radius 3 is 2.74 bits per heavy atom. The van der Waals surface area contributed by atoms with E-state index in [0.29, 0.717) is 30.8 Å². The lowest BCUT2D eigenvalue weighted by atomic mass is 10.1. The average molecular weight is 283 g/mol. The summed E-state index contributed by atoms with van der Waals surface area (Å²) < 4.78 is 23.4. The summed E-state index contributed by atoms with van der Waals surface area (Å²) >= 11 is 0. The summed E-state index contributed by atoms with van der Waals surface area (Å²) in [6, 6.07) is 4.81. The number of carbonyl (C=O) groups is 1. The van der Waals surface area contributed by atoms with Crippen LogP contribution in [0.2, 0.25) is 0 Å². The van der Waals surface area contributed by atoms with Gasteiger partial charge in [0.2, 0.25) is 0 Å². The standard InChI is InChI=1S/C12H17N3O3S/c13-11-4-3-8(6-10(11)12(14)16)15-7-9-2-1-5-19(9,17)18/h3-4,6,9,15H,1-2,5,7,13H2,(H2,14,16). The predicted octanol–water partition coefficient (Wildman–Crippen LogP) is 0.357. The van der Waals surface area contributed by atoms with Crippen LogP contribution in [-0.4, -0.2) is 31.9 Å². The second-order valence-corrected chi connectivity index (χ2v) is 7.08. The number of nitrogen functional groups attached to an aromatic ring is 1. The van der Waals surface area contributed by atoms with Gasteiger partial charge < -0.3 is 16.8 Å². The smallest absolute Gasteiger partial charge is 0.250 e. The Morgan fingerprint density at radius 1 is 1.42 bits per heavy atom. The van der Waals surface area contributed by atoms with Crippen LogP contribution in [0.25, 0.3) is 0 Å². The van der Waals surface area contributed by atoms with Crippen LogP contribution >= 0.6 is 0 Å². The van der Waals surface area contributed by atoms with Crippen LogP contribution in [0.3, 0.4) is 0 Å². The van der Waals surface area contributed by atoms with Crippen molar-refractivity contribution < 1.29 is 13.2 Å². The Labute approximate surface area is 112 Å². The van der Waals surface area contributed by atoms with E-state index in [1.165, 1.54) is 0 Å². The number of rotatable bonds is 4. The van der Waals surface area contributed by atoms with Gasteiger partial charge in [0.05, 0.1) is 16.6 Å². The lowest BCUT2D eigenvalue weighted by Gasteiger charge is -2.13. The lowest BCUT2D eigenvalue weighted by molar-refractivity contribution is 0.100. The molecule has 7 heteroatoms. The van der Waals surface area contributed by atoms with Gasteiger partial charge in [-0.1, -0.05) is 0 Å². The molecule has 0 spiro atoms.